The van der Waals surface area contributed by atoms with Gasteiger partial charge in [0.2, 0.25) is 29.4 Å². The number of hydrogen-bond acceptors (Lipinski definition) is 15. The van der Waals surface area contributed by atoms with Crippen LogP contribution in [0.15, 0.2) is 134 Å². The number of nitrogens with one attached hydrogen (secondary N) is 2. The first-order chi connectivity index (χ1) is 43.0. The number of Topliss-reactive ketones (excluding diaryl/α,β-unsaturated/α-hetero) is 1. The number of ether oxygens (including phenoxy) is 5. The first-order valence-corrected chi connectivity index (χ1v) is 29.7. The summed E-state index contributed by atoms with van der Waals surface area (Å²) in [6.07, 6.45) is 1.33. The number of rotatable bonds is 31. The highest BCUT2D eigenvalue weighted by Gasteiger charge is 2.43. The number of ketones is 1. The number of likely N-dealkylation sites (tertiary alicyclic amines) is 1. The van der Waals surface area contributed by atoms with Crippen LogP contribution in [-0.2, 0) is 78.3 Å². The molecule has 1 saturated heterocycles. The number of aromatic hydroxyl groups is 1. The number of carbonyl (C=O) groups is 9. The SMILES string of the molecule is C=CC(=O)OCC(C)(C)C(=O)C(=O)N1CCCC[C@H]1C(=O)O[C@H](CCc1ccc(OC)c(OC)c1)c1ccc(F)c(OCC(=O)N(C)[C@@H](Cc2ccc(O)cc2)C(=O)N[C@H](Cc2ccccc2)C(=O)N(C)CC(=O)N[C@H](Cc2ccccc2)C(=O)N(C)CC)c1. The van der Waals surface area contributed by atoms with E-state index in [9.17, 15) is 48.3 Å². The minimum atomic E-state index is -1.46. The lowest BCUT2D eigenvalue weighted by Gasteiger charge is -2.36. The molecule has 0 unspecified atom stereocenters. The van der Waals surface area contributed by atoms with Crippen molar-refractivity contribution in [1.29, 1.82) is 0 Å². The van der Waals surface area contributed by atoms with E-state index in [0.29, 0.717) is 42.0 Å². The maximum Gasteiger partial charge on any atom is 0.330 e. The molecule has 3 N–H and O–H groups in total. The van der Waals surface area contributed by atoms with E-state index in [1.54, 1.807) is 67.7 Å². The van der Waals surface area contributed by atoms with Crippen molar-refractivity contribution in [3.05, 3.63) is 168 Å². The molecule has 0 radical (unpaired) electrons. The molecule has 22 heteroatoms. The summed E-state index contributed by atoms with van der Waals surface area (Å²) in [5, 5.41) is 15.8. The van der Waals surface area contributed by atoms with Crippen LogP contribution in [-0.4, -0.2) is 170 Å². The van der Waals surface area contributed by atoms with Gasteiger partial charge in [-0.1, -0.05) is 91.5 Å². The molecule has 0 aliphatic carbocycles. The third-order valence-corrected chi connectivity index (χ3v) is 15.6. The van der Waals surface area contributed by atoms with Crippen molar-refractivity contribution in [2.24, 2.45) is 5.41 Å². The van der Waals surface area contributed by atoms with Crippen LogP contribution < -0.4 is 24.8 Å². The van der Waals surface area contributed by atoms with Gasteiger partial charge in [0.1, 0.15) is 42.6 Å². The van der Waals surface area contributed by atoms with Gasteiger partial charge in [-0.05, 0) is 117 Å². The molecule has 0 bridgehead atoms. The number of hydrogen-bond donors (Lipinski definition) is 3. The van der Waals surface area contributed by atoms with Crippen molar-refractivity contribution in [3.63, 3.8) is 0 Å². The second-order valence-electron chi connectivity index (χ2n) is 22.7. The number of esters is 2. The van der Waals surface area contributed by atoms with Crippen molar-refractivity contribution >= 4 is 53.2 Å². The number of phenols is 1. The fourth-order valence-electron chi connectivity index (χ4n) is 10.2. The zero-order valence-electron chi connectivity index (χ0n) is 52.2. The Kier molecular flexibility index (Phi) is 25.6. The first kappa shape index (κ1) is 69.5. The standard InChI is InChI=1S/C68H81FN6O15/c1-10-61(79)89-43-68(3,4)62(80)66(84)75-35-19-18-24-53(75)67(85)90-55(33-27-47-28-34-56(86-8)58(39-47)87-9)48-29-32-50(69)57(40-48)88-42-60(78)74(7)54(38-46-25-30-49(76)31-26-46)63(81)71-52(37-45-22-16-13-17-23-45)65(83)73(6)41-59(77)70-51(64(82)72(5)11-2)36-44-20-14-12-15-21-44/h10,12-17,20-23,25-26,28-32,34,39-40,51-55,76H,1,11,18-19,24,27,33,35-38,41-43H2,2-9H3,(H,70,77)(H,71,81)/t51-,52-,53+,54+,55-/m1/s1. The fraction of sp³-hybridized carbons (Fsp3) is 0.397. The normalized spacial score (nSPS) is 14.2. The summed E-state index contributed by atoms with van der Waals surface area (Å²) in [6.45, 7) is 6.77. The Morgan fingerprint density at radius 2 is 1.33 bits per heavy atom. The molecule has 1 aliphatic rings. The Hall–Kier alpha value is -9.60. The number of likely N-dealkylation sites (N-methyl/N-ethyl adjacent to an activating group) is 3. The zero-order chi connectivity index (χ0) is 65.7. The molecular formula is C68H81FN6O15. The highest BCUT2D eigenvalue weighted by molar-refractivity contribution is 6.38. The van der Waals surface area contributed by atoms with Crippen LogP contribution in [0.3, 0.4) is 0 Å². The summed E-state index contributed by atoms with van der Waals surface area (Å²) in [4.78, 5) is 130. The number of phenolic OH excluding ortho intramolecular Hbond substituents is 1. The number of carbonyl (C=O) groups excluding carboxylic acids is 9. The van der Waals surface area contributed by atoms with E-state index >= 15 is 4.39 Å². The Balaban J connectivity index is 1.24. The number of nitrogens with zero attached hydrogens (tertiary/aromatic N) is 4. The van der Waals surface area contributed by atoms with Crippen molar-refractivity contribution in [2.75, 3.05) is 68.2 Å². The van der Waals surface area contributed by atoms with Crippen molar-refractivity contribution in [3.8, 4) is 23.0 Å². The van der Waals surface area contributed by atoms with Gasteiger partial charge < -0.3 is 59.0 Å². The molecule has 5 atom stereocenters. The van der Waals surface area contributed by atoms with Gasteiger partial charge in [0.15, 0.2) is 29.7 Å². The van der Waals surface area contributed by atoms with Crippen LogP contribution in [0.2, 0.25) is 0 Å². The number of piperidine rings is 1. The highest BCUT2D eigenvalue weighted by Crippen LogP contribution is 2.34. The fourth-order valence-corrected chi connectivity index (χ4v) is 10.2. The monoisotopic (exact) mass is 1240 g/mol. The first-order valence-electron chi connectivity index (χ1n) is 29.7. The van der Waals surface area contributed by atoms with Gasteiger partial charge in [-0.15, -0.1) is 0 Å². The van der Waals surface area contributed by atoms with Crippen LogP contribution in [0.25, 0.3) is 0 Å². The van der Waals surface area contributed by atoms with Crippen molar-refractivity contribution in [2.45, 2.75) is 102 Å². The van der Waals surface area contributed by atoms with E-state index in [1.165, 1.54) is 71.3 Å². The van der Waals surface area contributed by atoms with Gasteiger partial charge in [-0.25, -0.2) is 14.0 Å². The van der Waals surface area contributed by atoms with E-state index in [4.69, 9.17) is 23.7 Å². The average molecular weight is 1240 g/mol. The van der Waals surface area contributed by atoms with Crippen LogP contribution in [0.5, 0.6) is 23.0 Å². The highest BCUT2D eigenvalue weighted by atomic mass is 19.1. The van der Waals surface area contributed by atoms with Gasteiger partial charge >= 0.3 is 11.9 Å². The molecule has 5 aromatic carbocycles. The Bertz CT molecular complexity index is 3330. The molecule has 6 rings (SSSR count). The topological polar surface area (TPSA) is 257 Å². The average Bonchev–Trinajstić information content (AvgIpc) is 1.20. The van der Waals surface area contributed by atoms with E-state index in [-0.39, 0.29) is 62.3 Å². The molecule has 0 saturated carbocycles. The predicted molar refractivity (Wildman–Crippen MR) is 331 cm³/mol. The van der Waals surface area contributed by atoms with Crippen molar-refractivity contribution < 1.29 is 76.3 Å². The van der Waals surface area contributed by atoms with Crippen LogP contribution in [0.4, 0.5) is 4.39 Å². The molecule has 21 nitrogen and oxygen atoms in total. The number of halogens is 1. The van der Waals surface area contributed by atoms with Crippen LogP contribution >= 0.6 is 0 Å². The lowest BCUT2D eigenvalue weighted by atomic mass is 9.87. The molecule has 6 amide bonds. The molecule has 1 fully saturated rings. The maximum atomic E-state index is 16.0. The Labute approximate surface area is 524 Å². The van der Waals surface area contributed by atoms with Gasteiger partial charge in [-0.2, -0.15) is 0 Å². The zero-order valence-corrected chi connectivity index (χ0v) is 52.2. The lowest BCUT2D eigenvalue weighted by molar-refractivity contribution is -0.165. The molecule has 480 valence electrons. The summed E-state index contributed by atoms with van der Waals surface area (Å²) in [7, 11) is 7.34. The minimum absolute atomic E-state index is 0.0354. The predicted octanol–water partition coefficient (Wildman–Crippen LogP) is 6.31. The smallest absolute Gasteiger partial charge is 0.330 e. The summed E-state index contributed by atoms with van der Waals surface area (Å²) in [5.74, 6) is -7.13. The summed E-state index contributed by atoms with van der Waals surface area (Å²) >= 11 is 0. The van der Waals surface area contributed by atoms with Gasteiger partial charge in [-0.3, -0.25) is 33.6 Å². The minimum Gasteiger partial charge on any atom is -0.508 e. The quantitative estimate of drug-likeness (QED) is 0.0250. The Morgan fingerprint density at radius 3 is 1.94 bits per heavy atom. The molecule has 90 heavy (non-hydrogen) atoms. The summed E-state index contributed by atoms with van der Waals surface area (Å²) in [5.41, 5.74) is 1.50. The maximum absolute atomic E-state index is 16.0. The van der Waals surface area contributed by atoms with Gasteiger partial charge in [0.25, 0.3) is 11.8 Å². The number of methoxy groups -OCH3 is 2. The third kappa shape index (κ3) is 19.4. The van der Waals surface area contributed by atoms with E-state index in [0.717, 1.165) is 38.0 Å². The lowest BCUT2D eigenvalue weighted by Crippen LogP contribution is -2.57. The number of aryl methyl sites for hydroxylation is 1. The summed E-state index contributed by atoms with van der Waals surface area (Å²) < 4.78 is 44.2. The van der Waals surface area contributed by atoms with Crippen LogP contribution in [0.1, 0.15) is 80.4 Å². The van der Waals surface area contributed by atoms with E-state index in [2.05, 4.69) is 17.2 Å². The molecular weight excluding hydrogens is 1160 g/mol. The van der Waals surface area contributed by atoms with Crippen LogP contribution in [0, 0.1) is 11.2 Å². The number of benzene rings is 5. The molecule has 1 heterocycles. The third-order valence-electron chi connectivity index (χ3n) is 15.6. The van der Waals surface area contributed by atoms with E-state index < -0.39 is 114 Å². The Morgan fingerprint density at radius 1 is 0.733 bits per heavy atom. The summed E-state index contributed by atoms with van der Waals surface area (Å²) in [6, 6.07) is 28.1. The molecule has 0 aromatic heterocycles. The molecule has 1 aliphatic heterocycles. The largest absolute Gasteiger partial charge is 0.508 e. The molecule has 0 spiro atoms. The van der Waals surface area contributed by atoms with Gasteiger partial charge in [0.05, 0.1) is 26.2 Å². The van der Waals surface area contributed by atoms with E-state index in [1.807, 2.05) is 37.3 Å². The second-order valence-corrected chi connectivity index (χ2v) is 22.7. The molecule has 5 aromatic rings. The number of amides is 6. The van der Waals surface area contributed by atoms with Gasteiger partial charge in [0, 0.05) is 59.6 Å². The second kappa shape index (κ2) is 33.1. The van der Waals surface area contributed by atoms with Crippen molar-refractivity contribution in [1.82, 2.24) is 30.2 Å².